The third kappa shape index (κ3) is 2.77. The molecule has 1 aromatic carbocycles. The van der Waals surface area contributed by atoms with Crippen molar-refractivity contribution in [3.05, 3.63) is 32.5 Å². The van der Waals surface area contributed by atoms with Crippen LogP contribution in [0.2, 0.25) is 0 Å². The molecule has 0 aliphatic heterocycles. The van der Waals surface area contributed by atoms with Crippen LogP contribution in [-0.4, -0.2) is 37.3 Å². The molecule has 0 saturated heterocycles. The molecule has 1 fully saturated rings. The van der Waals surface area contributed by atoms with E-state index in [4.69, 9.17) is 9.47 Å². The van der Waals surface area contributed by atoms with E-state index in [1.165, 1.54) is 0 Å². The molecule has 3 unspecified atom stereocenters. The van der Waals surface area contributed by atoms with Gasteiger partial charge in [-0.1, -0.05) is 0 Å². The fraction of sp³-hybridized carbons (Fsp3) is 0.500. The van der Waals surface area contributed by atoms with Gasteiger partial charge in [-0.15, -0.1) is 0 Å². The van der Waals surface area contributed by atoms with Crippen LogP contribution >= 0.6 is 15.9 Å². The summed E-state index contributed by atoms with van der Waals surface area (Å²) in [5, 5.41) is 14.0. The lowest BCUT2D eigenvalue weighted by Crippen LogP contribution is -2.60. The van der Waals surface area contributed by atoms with E-state index in [0.29, 0.717) is 6.42 Å². The van der Waals surface area contributed by atoms with Crippen molar-refractivity contribution in [3.63, 3.8) is 0 Å². The summed E-state index contributed by atoms with van der Waals surface area (Å²) >= 11 is 2.92. The average molecular weight is 349 g/mol. The summed E-state index contributed by atoms with van der Waals surface area (Å²) in [5.41, 5.74) is -0.277. The highest BCUT2D eigenvalue weighted by atomic mass is 79.9. The average Bonchev–Trinajstić information content (AvgIpc) is 2.37. The van der Waals surface area contributed by atoms with Gasteiger partial charge in [0, 0.05) is 31.7 Å². The summed E-state index contributed by atoms with van der Waals surface area (Å²) in [6, 6.07) is 2.24. The quantitative estimate of drug-likeness (QED) is 0.652. The number of hydrogen-bond donors (Lipinski definition) is 1. The molecule has 1 saturated carbocycles. The maximum absolute atomic E-state index is 13.5. The van der Waals surface area contributed by atoms with Crippen LogP contribution in [0.1, 0.15) is 6.42 Å². The Kier molecular flexibility index (Phi) is 4.56. The zero-order valence-corrected chi connectivity index (χ0v) is 12.5. The summed E-state index contributed by atoms with van der Waals surface area (Å²) < 4.78 is 24.4. The monoisotopic (exact) mass is 348 g/mol. The van der Waals surface area contributed by atoms with Crippen LogP contribution in [0.4, 0.5) is 10.1 Å². The molecule has 1 aliphatic carbocycles. The van der Waals surface area contributed by atoms with Crippen molar-refractivity contribution in [2.75, 3.05) is 14.2 Å². The first-order chi connectivity index (χ1) is 9.47. The maximum Gasteiger partial charge on any atom is 0.312 e. The lowest BCUT2D eigenvalue weighted by molar-refractivity contribution is -0.386. The van der Waals surface area contributed by atoms with E-state index >= 15 is 0 Å². The summed E-state index contributed by atoms with van der Waals surface area (Å²) in [5.74, 6) is -0.693. The first-order valence-corrected chi connectivity index (χ1v) is 6.77. The van der Waals surface area contributed by atoms with Crippen molar-refractivity contribution >= 4 is 21.6 Å². The minimum absolute atomic E-state index is 0.0292. The normalized spacial score (nSPS) is 25.1. The number of likely N-dealkylation sites (N-methyl/N-ethyl adjacent to an activating group) is 1. The molecule has 20 heavy (non-hydrogen) atoms. The highest BCUT2D eigenvalue weighted by Crippen LogP contribution is 2.36. The Balaban J connectivity index is 2.21. The minimum atomic E-state index is -0.607. The third-order valence-corrected chi connectivity index (χ3v) is 3.98. The molecule has 0 amide bonds. The van der Waals surface area contributed by atoms with E-state index in [-0.39, 0.29) is 34.2 Å². The van der Waals surface area contributed by atoms with Gasteiger partial charge in [0.15, 0.2) is 5.75 Å². The fourth-order valence-electron chi connectivity index (χ4n) is 2.21. The minimum Gasteiger partial charge on any atom is -0.481 e. The number of nitro benzene ring substituents is 1. The Bertz CT molecular complexity index is 528. The van der Waals surface area contributed by atoms with E-state index in [2.05, 4.69) is 21.2 Å². The van der Waals surface area contributed by atoms with Gasteiger partial charge in [-0.25, -0.2) is 4.39 Å². The number of nitrogens with one attached hydrogen (secondary N) is 1. The molecule has 0 heterocycles. The number of hydrogen-bond acceptors (Lipinski definition) is 5. The third-order valence-electron chi connectivity index (χ3n) is 3.37. The molecule has 3 atom stereocenters. The largest absolute Gasteiger partial charge is 0.481 e. The molecule has 8 heteroatoms. The van der Waals surface area contributed by atoms with Crippen molar-refractivity contribution in [1.29, 1.82) is 0 Å². The van der Waals surface area contributed by atoms with Crippen LogP contribution in [0, 0.1) is 15.9 Å². The summed E-state index contributed by atoms with van der Waals surface area (Å²) in [4.78, 5) is 10.4. The smallest absolute Gasteiger partial charge is 0.312 e. The van der Waals surface area contributed by atoms with Crippen molar-refractivity contribution in [2.24, 2.45) is 0 Å². The predicted octanol–water partition coefficient (Wildman–Crippen LogP) is 2.25. The van der Waals surface area contributed by atoms with Crippen molar-refractivity contribution in [3.8, 4) is 5.75 Å². The van der Waals surface area contributed by atoms with Crippen LogP contribution < -0.4 is 10.1 Å². The molecule has 1 aliphatic rings. The highest BCUT2D eigenvalue weighted by molar-refractivity contribution is 9.10. The molecule has 0 aromatic heterocycles. The Labute approximate surface area is 123 Å². The lowest BCUT2D eigenvalue weighted by Gasteiger charge is -2.42. The standard InChI is InChI=1S/C12H14BrFN2O4/c1-15-8-5-11(12(8)19-2)20-10-4-7(14)6(13)3-9(10)16(17)18/h3-4,8,11-12,15H,5H2,1-2H3. The molecule has 0 bridgehead atoms. The second-order valence-electron chi connectivity index (χ2n) is 4.48. The highest BCUT2D eigenvalue weighted by Gasteiger charge is 2.43. The van der Waals surface area contributed by atoms with Gasteiger partial charge in [0.2, 0.25) is 0 Å². The summed E-state index contributed by atoms with van der Waals surface area (Å²) in [7, 11) is 3.34. The molecular formula is C12H14BrFN2O4. The van der Waals surface area contributed by atoms with E-state index in [1.54, 1.807) is 14.2 Å². The van der Waals surface area contributed by atoms with Gasteiger partial charge in [-0.05, 0) is 23.0 Å². The van der Waals surface area contributed by atoms with E-state index < -0.39 is 10.7 Å². The molecule has 0 spiro atoms. The Morgan fingerprint density at radius 3 is 2.80 bits per heavy atom. The first-order valence-electron chi connectivity index (χ1n) is 5.98. The molecule has 2 rings (SSSR count). The SMILES string of the molecule is CNC1CC(Oc2cc(F)c(Br)cc2[N+](=O)[O-])C1OC. The van der Waals surface area contributed by atoms with E-state index in [1.807, 2.05) is 0 Å². The molecule has 110 valence electrons. The van der Waals surface area contributed by atoms with Gasteiger partial charge in [-0.2, -0.15) is 0 Å². The Hall–Kier alpha value is -1.25. The topological polar surface area (TPSA) is 73.6 Å². The second-order valence-corrected chi connectivity index (χ2v) is 5.33. The number of nitrogens with zero attached hydrogens (tertiary/aromatic N) is 1. The Morgan fingerprint density at radius 2 is 2.25 bits per heavy atom. The van der Waals surface area contributed by atoms with Crippen molar-refractivity contribution in [2.45, 2.75) is 24.7 Å². The maximum atomic E-state index is 13.5. The molecule has 6 nitrogen and oxygen atoms in total. The number of methoxy groups -OCH3 is 1. The second kappa shape index (κ2) is 6.02. The predicted molar refractivity (Wildman–Crippen MR) is 73.4 cm³/mol. The molecule has 1 aromatic rings. The molecular weight excluding hydrogens is 335 g/mol. The zero-order chi connectivity index (χ0) is 14.9. The van der Waals surface area contributed by atoms with Crippen LogP contribution in [0.3, 0.4) is 0 Å². The molecule has 1 N–H and O–H groups in total. The zero-order valence-electron chi connectivity index (χ0n) is 10.9. The van der Waals surface area contributed by atoms with Gasteiger partial charge in [0.05, 0.1) is 9.40 Å². The van der Waals surface area contributed by atoms with Gasteiger partial charge < -0.3 is 14.8 Å². The molecule has 0 radical (unpaired) electrons. The summed E-state index contributed by atoms with van der Waals surface area (Å²) in [6.45, 7) is 0. The van der Waals surface area contributed by atoms with Crippen LogP contribution in [0.25, 0.3) is 0 Å². The summed E-state index contributed by atoms with van der Waals surface area (Å²) in [6.07, 6.45) is 0.0900. The van der Waals surface area contributed by atoms with Gasteiger partial charge in [0.25, 0.3) is 0 Å². The van der Waals surface area contributed by atoms with Gasteiger partial charge >= 0.3 is 5.69 Å². The van der Waals surface area contributed by atoms with E-state index in [9.17, 15) is 14.5 Å². The lowest BCUT2D eigenvalue weighted by atomic mass is 9.85. The first kappa shape index (κ1) is 15.1. The Morgan fingerprint density at radius 1 is 1.55 bits per heavy atom. The van der Waals surface area contributed by atoms with Gasteiger partial charge in [-0.3, -0.25) is 10.1 Å². The van der Waals surface area contributed by atoms with E-state index in [0.717, 1.165) is 12.1 Å². The van der Waals surface area contributed by atoms with Crippen LogP contribution in [0.5, 0.6) is 5.75 Å². The van der Waals surface area contributed by atoms with Crippen molar-refractivity contribution in [1.82, 2.24) is 5.32 Å². The van der Waals surface area contributed by atoms with Gasteiger partial charge in [0.1, 0.15) is 18.0 Å². The van der Waals surface area contributed by atoms with Crippen LogP contribution in [-0.2, 0) is 4.74 Å². The van der Waals surface area contributed by atoms with Crippen LogP contribution in [0.15, 0.2) is 16.6 Å². The number of halogens is 2. The van der Waals surface area contributed by atoms with Crippen molar-refractivity contribution < 1.29 is 18.8 Å². The number of nitro groups is 1. The fourth-order valence-corrected chi connectivity index (χ4v) is 2.54. The number of benzene rings is 1. The number of rotatable bonds is 5. The number of ether oxygens (including phenoxy) is 2.